The van der Waals surface area contributed by atoms with Gasteiger partial charge in [0, 0.05) is 38.3 Å². The molecule has 3 heterocycles. The van der Waals surface area contributed by atoms with Crippen molar-refractivity contribution in [2.75, 3.05) is 18.0 Å². The minimum absolute atomic E-state index is 0.361. The number of nitrogens with zero attached hydrogens (tertiary/aromatic N) is 7. The van der Waals surface area contributed by atoms with Gasteiger partial charge in [-0.3, -0.25) is 0 Å². The number of benzene rings is 1. The number of rotatable bonds is 3. The zero-order valence-electron chi connectivity index (χ0n) is 13.7. The fourth-order valence-electron chi connectivity index (χ4n) is 3.06. The lowest BCUT2D eigenvalue weighted by molar-refractivity contribution is 0.603. The van der Waals surface area contributed by atoms with Gasteiger partial charge in [0.05, 0.1) is 6.54 Å². The molecule has 0 radical (unpaired) electrons. The van der Waals surface area contributed by atoms with Gasteiger partial charge in [0.25, 0.3) is 0 Å². The predicted octanol–water partition coefficient (Wildman–Crippen LogP) is 1.59. The molecule has 0 atom stereocenters. The maximum atomic E-state index is 9.22. The van der Waals surface area contributed by atoms with Gasteiger partial charge in [-0.1, -0.05) is 30.3 Å². The molecule has 0 amide bonds. The Kier molecular flexibility index (Phi) is 4.09. The Hall–Kier alpha value is -3.27. The Morgan fingerprint density at radius 2 is 1.88 bits per heavy atom. The number of nitriles is 1. The third-order valence-electron chi connectivity index (χ3n) is 4.27. The van der Waals surface area contributed by atoms with Crippen molar-refractivity contribution in [3.05, 3.63) is 65.6 Å². The van der Waals surface area contributed by atoms with E-state index in [0.29, 0.717) is 11.5 Å². The van der Waals surface area contributed by atoms with Gasteiger partial charge in [-0.05, 0) is 5.56 Å². The summed E-state index contributed by atoms with van der Waals surface area (Å²) in [4.78, 5) is 15.2. The minimum atomic E-state index is 0.361. The molecule has 124 valence electrons. The van der Waals surface area contributed by atoms with Crippen molar-refractivity contribution in [2.24, 2.45) is 0 Å². The van der Waals surface area contributed by atoms with Gasteiger partial charge in [-0.25, -0.2) is 19.6 Å². The van der Waals surface area contributed by atoms with Gasteiger partial charge in [0.15, 0.2) is 17.3 Å². The van der Waals surface area contributed by atoms with Gasteiger partial charge in [-0.15, -0.1) is 0 Å². The highest BCUT2D eigenvalue weighted by atomic mass is 15.4. The van der Waals surface area contributed by atoms with E-state index in [1.54, 1.807) is 12.4 Å². The van der Waals surface area contributed by atoms with Crippen LogP contribution in [0.2, 0.25) is 0 Å². The first-order valence-electron chi connectivity index (χ1n) is 8.26. The summed E-state index contributed by atoms with van der Waals surface area (Å²) >= 11 is 0. The van der Waals surface area contributed by atoms with Crippen LogP contribution in [0.4, 0.5) is 5.82 Å². The van der Waals surface area contributed by atoms with Crippen molar-refractivity contribution < 1.29 is 0 Å². The number of hydrogen-bond acceptors (Lipinski definition) is 6. The van der Waals surface area contributed by atoms with Crippen molar-refractivity contribution in [2.45, 2.75) is 19.4 Å². The van der Waals surface area contributed by atoms with E-state index in [4.69, 9.17) is 4.98 Å². The van der Waals surface area contributed by atoms with Gasteiger partial charge in [-0.2, -0.15) is 10.4 Å². The maximum absolute atomic E-state index is 9.22. The lowest BCUT2D eigenvalue weighted by atomic mass is 10.1. The second kappa shape index (κ2) is 6.69. The monoisotopic (exact) mass is 331 g/mol. The second-order valence-electron chi connectivity index (χ2n) is 5.91. The molecule has 0 saturated carbocycles. The maximum Gasteiger partial charge on any atom is 0.183 e. The van der Waals surface area contributed by atoms with Crippen LogP contribution in [0.5, 0.6) is 0 Å². The highest BCUT2D eigenvalue weighted by Gasteiger charge is 2.20. The smallest absolute Gasteiger partial charge is 0.183 e. The molecule has 0 N–H and O–H groups in total. The summed E-state index contributed by atoms with van der Waals surface area (Å²) in [5.41, 5.74) is 1.57. The lowest BCUT2D eigenvalue weighted by Gasteiger charge is -2.21. The Morgan fingerprint density at radius 3 is 2.72 bits per heavy atom. The molecule has 0 saturated heterocycles. The highest BCUT2D eigenvalue weighted by molar-refractivity contribution is 5.49. The van der Waals surface area contributed by atoms with E-state index in [0.717, 1.165) is 44.1 Å². The molecular formula is C18H17N7. The summed E-state index contributed by atoms with van der Waals surface area (Å²) in [6.07, 6.45) is 4.68. The normalized spacial score (nSPS) is 13.8. The van der Waals surface area contributed by atoms with E-state index in [-0.39, 0.29) is 0 Å². The largest absolute Gasteiger partial charge is 0.352 e. The topological polar surface area (TPSA) is 83.5 Å². The summed E-state index contributed by atoms with van der Waals surface area (Å²) < 4.78 is 1.97. The standard InChI is InChI=1S/C18H17N7/c19-13-15-18(21-8-7-20-15)24-9-6-17-22-16(23-25(17)11-10-24)12-14-4-2-1-3-5-14/h1-5,7-8H,6,9-12H2. The van der Waals surface area contributed by atoms with Crippen LogP contribution in [0.1, 0.15) is 22.9 Å². The second-order valence-corrected chi connectivity index (χ2v) is 5.91. The third kappa shape index (κ3) is 3.19. The van der Waals surface area contributed by atoms with Gasteiger partial charge >= 0.3 is 0 Å². The van der Waals surface area contributed by atoms with Crippen LogP contribution in [-0.2, 0) is 19.4 Å². The third-order valence-corrected chi connectivity index (χ3v) is 4.27. The van der Waals surface area contributed by atoms with Crippen molar-refractivity contribution in [1.82, 2.24) is 24.7 Å². The van der Waals surface area contributed by atoms with E-state index in [1.807, 2.05) is 22.9 Å². The van der Waals surface area contributed by atoms with Crippen molar-refractivity contribution in [3.8, 4) is 6.07 Å². The van der Waals surface area contributed by atoms with Crippen molar-refractivity contribution >= 4 is 5.82 Å². The molecule has 1 aliphatic rings. The van der Waals surface area contributed by atoms with Gasteiger partial charge in [0.1, 0.15) is 11.9 Å². The minimum Gasteiger partial charge on any atom is -0.352 e. The molecule has 7 heteroatoms. The number of aromatic nitrogens is 5. The summed E-state index contributed by atoms with van der Waals surface area (Å²) in [5.74, 6) is 2.47. The number of hydrogen-bond donors (Lipinski definition) is 0. The van der Waals surface area contributed by atoms with E-state index in [1.165, 1.54) is 5.56 Å². The Bertz CT molecular complexity index is 885. The number of anilines is 1. The van der Waals surface area contributed by atoms with Crippen LogP contribution in [-0.4, -0.2) is 37.8 Å². The molecule has 0 aliphatic carbocycles. The van der Waals surface area contributed by atoms with E-state index < -0.39 is 0 Å². The zero-order valence-corrected chi connectivity index (χ0v) is 13.7. The molecule has 3 aromatic rings. The van der Waals surface area contributed by atoms with E-state index in [2.05, 4.69) is 38.2 Å². The molecule has 1 aliphatic heterocycles. The molecule has 1 aromatic carbocycles. The van der Waals surface area contributed by atoms with E-state index >= 15 is 0 Å². The molecule has 4 rings (SSSR count). The predicted molar refractivity (Wildman–Crippen MR) is 91.9 cm³/mol. The molecule has 0 spiro atoms. The van der Waals surface area contributed by atoms with Crippen LogP contribution < -0.4 is 4.90 Å². The van der Waals surface area contributed by atoms with Crippen LogP contribution in [0.3, 0.4) is 0 Å². The van der Waals surface area contributed by atoms with Gasteiger partial charge in [0.2, 0.25) is 0 Å². The summed E-state index contributed by atoms with van der Waals surface area (Å²) in [6.45, 7) is 2.20. The molecule has 2 aromatic heterocycles. The molecule has 25 heavy (non-hydrogen) atoms. The molecular weight excluding hydrogens is 314 g/mol. The summed E-state index contributed by atoms with van der Waals surface area (Å²) in [7, 11) is 0. The first-order valence-corrected chi connectivity index (χ1v) is 8.26. The first kappa shape index (κ1) is 15.3. The summed E-state index contributed by atoms with van der Waals surface area (Å²) in [5, 5.41) is 13.9. The molecule has 0 unspecified atom stereocenters. The molecule has 0 bridgehead atoms. The summed E-state index contributed by atoms with van der Waals surface area (Å²) in [6, 6.07) is 12.4. The van der Waals surface area contributed by atoms with Crippen LogP contribution in [0.25, 0.3) is 0 Å². The van der Waals surface area contributed by atoms with Gasteiger partial charge < -0.3 is 4.90 Å². The molecule has 0 fully saturated rings. The van der Waals surface area contributed by atoms with Crippen LogP contribution >= 0.6 is 0 Å². The fourth-order valence-corrected chi connectivity index (χ4v) is 3.06. The molecule has 7 nitrogen and oxygen atoms in total. The lowest BCUT2D eigenvalue weighted by Crippen LogP contribution is -2.28. The fraction of sp³-hybridized carbons (Fsp3) is 0.278. The average Bonchev–Trinajstić information content (AvgIpc) is 2.93. The quantitative estimate of drug-likeness (QED) is 0.725. The number of fused-ring (bicyclic) bond motifs is 1. The van der Waals surface area contributed by atoms with Crippen molar-refractivity contribution in [1.29, 1.82) is 5.26 Å². The highest BCUT2D eigenvalue weighted by Crippen LogP contribution is 2.17. The van der Waals surface area contributed by atoms with Crippen LogP contribution in [0, 0.1) is 11.3 Å². The van der Waals surface area contributed by atoms with Crippen LogP contribution in [0.15, 0.2) is 42.7 Å². The Labute approximate surface area is 145 Å². The SMILES string of the molecule is N#Cc1nccnc1N1CCc2nc(Cc3ccccc3)nn2CC1. The van der Waals surface area contributed by atoms with E-state index in [9.17, 15) is 5.26 Å². The first-order chi connectivity index (χ1) is 12.3. The average molecular weight is 331 g/mol. The Balaban J connectivity index is 1.50. The Morgan fingerprint density at radius 1 is 1.04 bits per heavy atom. The van der Waals surface area contributed by atoms with Crippen molar-refractivity contribution in [3.63, 3.8) is 0 Å². The zero-order chi connectivity index (χ0) is 17.1.